The van der Waals surface area contributed by atoms with Crippen molar-refractivity contribution < 1.29 is 18.7 Å². The lowest BCUT2D eigenvalue weighted by Gasteiger charge is -2.05. The lowest BCUT2D eigenvalue weighted by atomic mass is 10.3. The number of amides is 1. The first-order valence-electron chi connectivity index (χ1n) is 7.56. The van der Waals surface area contributed by atoms with Gasteiger partial charge in [-0.2, -0.15) is 0 Å². The van der Waals surface area contributed by atoms with E-state index in [1.54, 1.807) is 22.7 Å². The minimum absolute atomic E-state index is 0.240. The van der Waals surface area contributed by atoms with Crippen molar-refractivity contribution >= 4 is 40.9 Å². The Balaban J connectivity index is 1.57. The zero-order valence-corrected chi connectivity index (χ0v) is 14.1. The smallest absolute Gasteiger partial charge is 0.331 e. The summed E-state index contributed by atoms with van der Waals surface area (Å²) in [5.41, 5.74) is 1.43. The van der Waals surface area contributed by atoms with Crippen molar-refractivity contribution in [1.82, 2.24) is 9.38 Å². The fourth-order valence-electron chi connectivity index (χ4n) is 2.23. The Morgan fingerprint density at radius 2 is 2.12 bits per heavy atom. The molecule has 3 aromatic rings. The van der Waals surface area contributed by atoms with Crippen LogP contribution in [0.2, 0.25) is 5.15 Å². The van der Waals surface area contributed by atoms with Crippen LogP contribution in [0.4, 0.5) is 10.1 Å². The Hall–Kier alpha value is -3.19. The Labute approximate surface area is 152 Å². The van der Waals surface area contributed by atoms with E-state index >= 15 is 0 Å². The molecule has 0 saturated carbocycles. The Bertz CT molecular complexity index is 1000. The maximum Gasteiger partial charge on any atom is 0.331 e. The molecule has 0 spiro atoms. The topological polar surface area (TPSA) is 72.7 Å². The predicted octanol–water partition coefficient (Wildman–Crippen LogP) is 3.32. The second-order valence-electron chi connectivity index (χ2n) is 5.22. The van der Waals surface area contributed by atoms with Crippen LogP contribution in [-0.4, -0.2) is 27.9 Å². The minimum atomic E-state index is -0.721. The van der Waals surface area contributed by atoms with Gasteiger partial charge < -0.3 is 10.1 Å². The molecule has 0 aliphatic carbocycles. The molecule has 1 amide bonds. The first kappa shape index (κ1) is 17.6. The second-order valence-corrected chi connectivity index (χ2v) is 5.57. The number of nitrogens with zero attached hydrogens (tertiary/aromatic N) is 2. The number of esters is 1. The number of ether oxygens (including phenoxy) is 1. The summed E-state index contributed by atoms with van der Waals surface area (Å²) in [6.07, 6.45) is 4.36. The predicted molar refractivity (Wildman–Crippen MR) is 95.2 cm³/mol. The van der Waals surface area contributed by atoms with Crippen molar-refractivity contribution in [3.05, 3.63) is 71.4 Å². The molecule has 0 aliphatic heterocycles. The Morgan fingerprint density at radius 1 is 1.27 bits per heavy atom. The fraction of sp³-hybridized carbons (Fsp3) is 0.0556. The van der Waals surface area contributed by atoms with Crippen LogP contribution in [0.3, 0.4) is 0 Å². The summed E-state index contributed by atoms with van der Waals surface area (Å²) in [5.74, 6) is -1.78. The van der Waals surface area contributed by atoms with Gasteiger partial charge in [0, 0.05) is 18.0 Å². The van der Waals surface area contributed by atoms with Crippen LogP contribution in [0.25, 0.3) is 11.7 Å². The molecule has 8 heteroatoms. The number of aromatic nitrogens is 2. The van der Waals surface area contributed by atoms with Gasteiger partial charge in [0.15, 0.2) is 11.8 Å². The summed E-state index contributed by atoms with van der Waals surface area (Å²) in [5, 5.41) is 2.67. The normalized spacial score (nSPS) is 11.0. The highest BCUT2D eigenvalue weighted by atomic mass is 35.5. The number of rotatable bonds is 5. The number of nitrogens with one attached hydrogen (secondary N) is 1. The quantitative estimate of drug-likeness (QED) is 0.550. The summed E-state index contributed by atoms with van der Waals surface area (Å²) in [7, 11) is 0. The number of pyridine rings is 1. The van der Waals surface area contributed by atoms with Crippen molar-refractivity contribution in [3.8, 4) is 0 Å². The third kappa shape index (κ3) is 4.25. The lowest BCUT2D eigenvalue weighted by Crippen LogP contribution is -2.20. The van der Waals surface area contributed by atoms with E-state index in [1.165, 1.54) is 24.3 Å². The largest absolute Gasteiger partial charge is 0.452 e. The van der Waals surface area contributed by atoms with E-state index < -0.39 is 24.3 Å². The number of imidazole rings is 1. The monoisotopic (exact) mass is 373 g/mol. The van der Waals surface area contributed by atoms with Crippen molar-refractivity contribution in [2.24, 2.45) is 0 Å². The molecule has 0 unspecified atom stereocenters. The van der Waals surface area contributed by atoms with Gasteiger partial charge in [0.1, 0.15) is 11.5 Å². The van der Waals surface area contributed by atoms with Crippen LogP contribution in [0.1, 0.15) is 5.69 Å². The van der Waals surface area contributed by atoms with Gasteiger partial charge >= 0.3 is 5.97 Å². The number of halogens is 2. The van der Waals surface area contributed by atoms with Crippen LogP contribution in [0.5, 0.6) is 0 Å². The summed E-state index contributed by atoms with van der Waals surface area (Å²) in [6.45, 7) is -0.499. The number of anilines is 1. The average molecular weight is 374 g/mol. The zero-order valence-electron chi connectivity index (χ0n) is 13.4. The molecule has 0 atom stereocenters. The highest BCUT2D eigenvalue weighted by molar-refractivity contribution is 6.31. The van der Waals surface area contributed by atoms with Gasteiger partial charge in [-0.05, 0) is 36.4 Å². The highest BCUT2D eigenvalue weighted by Gasteiger charge is 2.09. The molecule has 132 valence electrons. The van der Waals surface area contributed by atoms with E-state index in [9.17, 15) is 14.0 Å². The molecule has 0 fully saturated rings. The molecule has 0 bridgehead atoms. The van der Waals surface area contributed by atoms with Crippen LogP contribution in [0, 0.1) is 5.82 Å². The number of fused-ring (bicyclic) bond motifs is 1. The molecule has 2 aromatic heterocycles. The standard InChI is InChI=1S/C18H13ClFN3O3/c19-18-14(23-9-2-1-6-15(23)22-18)7-8-17(25)26-11-16(24)21-13-5-3-4-12(20)10-13/h1-10H,11H2,(H,21,24)/b8-7+. The molecule has 0 aliphatic rings. The van der Waals surface area contributed by atoms with E-state index in [4.69, 9.17) is 16.3 Å². The lowest BCUT2D eigenvalue weighted by molar-refractivity contribution is -0.142. The molecule has 2 heterocycles. The molecule has 1 aromatic carbocycles. The van der Waals surface area contributed by atoms with E-state index in [1.807, 2.05) is 6.07 Å². The first-order chi connectivity index (χ1) is 12.5. The van der Waals surface area contributed by atoms with Crippen LogP contribution >= 0.6 is 11.6 Å². The maximum absolute atomic E-state index is 13.0. The van der Waals surface area contributed by atoms with Crippen LogP contribution < -0.4 is 5.32 Å². The van der Waals surface area contributed by atoms with Gasteiger partial charge in [-0.25, -0.2) is 14.2 Å². The van der Waals surface area contributed by atoms with Crippen molar-refractivity contribution in [2.75, 3.05) is 11.9 Å². The fourth-order valence-corrected chi connectivity index (χ4v) is 2.47. The zero-order chi connectivity index (χ0) is 18.5. The van der Waals surface area contributed by atoms with Crippen LogP contribution in [-0.2, 0) is 14.3 Å². The van der Waals surface area contributed by atoms with Crippen LogP contribution in [0.15, 0.2) is 54.7 Å². The summed E-state index contributed by atoms with van der Waals surface area (Å²) >= 11 is 6.05. The third-order valence-electron chi connectivity index (χ3n) is 3.35. The van der Waals surface area contributed by atoms with Gasteiger partial charge in [-0.15, -0.1) is 0 Å². The third-order valence-corrected chi connectivity index (χ3v) is 3.63. The first-order valence-corrected chi connectivity index (χ1v) is 7.93. The summed E-state index contributed by atoms with van der Waals surface area (Å²) < 4.78 is 19.6. The summed E-state index contributed by atoms with van der Waals surface area (Å²) in [6, 6.07) is 10.8. The molecule has 0 saturated heterocycles. The van der Waals surface area contributed by atoms with Crippen molar-refractivity contribution in [1.29, 1.82) is 0 Å². The summed E-state index contributed by atoms with van der Waals surface area (Å²) in [4.78, 5) is 27.6. The second kappa shape index (κ2) is 7.79. The van der Waals surface area contributed by atoms with Gasteiger partial charge in [0.05, 0.1) is 5.69 Å². The number of benzene rings is 1. The molecule has 1 N–H and O–H groups in total. The Kier molecular flexibility index (Phi) is 5.28. The molecular formula is C18H13ClFN3O3. The van der Waals surface area contributed by atoms with Gasteiger partial charge in [0.2, 0.25) is 0 Å². The van der Waals surface area contributed by atoms with Gasteiger partial charge in [-0.3, -0.25) is 9.20 Å². The van der Waals surface area contributed by atoms with E-state index in [-0.39, 0.29) is 10.8 Å². The maximum atomic E-state index is 13.0. The Morgan fingerprint density at radius 3 is 2.92 bits per heavy atom. The number of hydrogen-bond donors (Lipinski definition) is 1. The van der Waals surface area contributed by atoms with E-state index in [0.29, 0.717) is 11.3 Å². The van der Waals surface area contributed by atoms with Gasteiger partial charge in [-0.1, -0.05) is 23.7 Å². The molecule has 26 heavy (non-hydrogen) atoms. The average Bonchev–Trinajstić information content (AvgIpc) is 2.93. The van der Waals surface area contributed by atoms with Crippen molar-refractivity contribution in [3.63, 3.8) is 0 Å². The molecular weight excluding hydrogens is 361 g/mol. The van der Waals surface area contributed by atoms with Crippen molar-refractivity contribution in [2.45, 2.75) is 0 Å². The molecule has 3 rings (SSSR count). The number of carbonyl (C=O) groups is 2. The highest BCUT2D eigenvalue weighted by Crippen LogP contribution is 2.18. The molecule has 0 radical (unpaired) electrons. The van der Waals surface area contributed by atoms with Gasteiger partial charge in [0.25, 0.3) is 5.91 Å². The number of carbonyl (C=O) groups excluding carboxylic acids is 2. The number of hydrogen-bond acceptors (Lipinski definition) is 4. The van der Waals surface area contributed by atoms with E-state index in [0.717, 1.165) is 12.1 Å². The van der Waals surface area contributed by atoms with E-state index in [2.05, 4.69) is 10.3 Å². The minimum Gasteiger partial charge on any atom is -0.452 e. The SMILES string of the molecule is O=C(COC(=O)/C=C/c1c(Cl)nc2ccccn12)Nc1cccc(F)c1. The molecule has 6 nitrogen and oxygen atoms in total.